The second-order valence-electron chi connectivity index (χ2n) is 3.12. The molecule has 1 unspecified atom stereocenters. The maximum absolute atomic E-state index is 13.0. The number of carbonyl (C=O) groups excluding carboxylic acids is 1. The van der Waals surface area contributed by atoms with Gasteiger partial charge in [-0.2, -0.15) is 4.39 Å². The molecule has 1 rings (SSSR count). The van der Waals surface area contributed by atoms with Gasteiger partial charge in [0.05, 0.1) is 4.92 Å². The number of hydrogen-bond donors (Lipinski definition) is 1. The van der Waals surface area contributed by atoms with Crippen LogP contribution in [-0.2, 0) is 11.2 Å². The number of hydrogen-bond acceptors (Lipinski definition) is 3. The number of halogens is 2. The lowest BCUT2D eigenvalue weighted by Crippen LogP contribution is -2.25. The lowest BCUT2D eigenvalue weighted by molar-refractivity contribution is -0.387. The van der Waals surface area contributed by atoms with E-state index in [0.717, 1.165) is 12.1 Å². The summed E-state index contributed by atoms with van der Waals surface area (Å²) in [5.41, 5.74) is 4.67. The Balaban J connectivity index is 2.95. The highest BCUT2D eigenvalue weighted by molar-refractivity contribution is 6.30. The largest absolute Gasteiger partial charge is 0.368 e. The number of nitrogens with zero attached hydrogens (tertiary/aromatic N) is 1. The molecular formula is C9H8ClFN2O3. The Kier molecular flexibility index (Phi) is 3.78. The third-order valence-electron chi connectivity index (χ3n) is 1.93. The van der Waals surface area contributed by atoms with Gasteiger partial charge in [0.2, 0.25) is 11.7 Å². The number of primary amides is 1. The number of alkyl halides is 1. The molecular weight excluding hydrogens is 239 g/mol. The van der Waals surface area contributed by atoms with Crippen molar-refractivity contribution < 1.29 is 14.1 Å². The first kappa shape index (κ1) is 12.4. The standard InChI is InChI=1S/C9H8ClFN2O3/c10-6(9(12)14)3-5-1-2-7(11)8(4-5)13(15)16/h1-2,4,6H,3H2,(H2,12,14). The fraction of sp³-hybridized carbons (Fsp3) is 0.222. The Bertz CT molecular complexity index is 439. The minimum atomic E-state index is -0.968. The van der Waals surface area contributed by atoms with Crippen molar-refractivity contribution >= 4 is 23.2 Å². The molecule has 5 nitrogen and oxygen atoms in total. The van der Waals surface area contributed by atoms with Crippen LogP contribution in [0.25, 0.3) is 0 Å². The second-order valence-corrected chi connectivity index (χ2v) is 3.64. The molecule has 0 heterocycles. The molecule has 0 aliphatic carbocycles. The van der Waals surface area contributed by atoms with Gasteiger partial charge in [-0.15, -0.1) is 11.6 Å². The average molecular weight is 247 g/mol. The van der Waals surface area contributed by atoms with Crippen LogP contribution in [0.3, 0.4) is 0 Å². The van der Waals surface area contributed by atoms with E-state index < -0.39 is 27.7 Å². The van der Waals surface area contributed by atoms with Gasteiger partial charge in [-0.05, 0) is 18.1 Å². The number of nitrogens with two attached hydrogens (primary N) is 1. The van der Waals surface area contributed by atoms with Crippen molar-refractivity contribution in [2.24, 2.45) is 5.73 Å². The zero-order chi connectivity index (χ0) is 12.3. The molecule has 0 aliphatic heterocycles. The van der Waals surface area contributed by atoms with Crippen LogP contribution in [0.4, 0.5) is 10.1 Å². The van der Waals surface area contributed by atoms with Crippen molar-refractivity contribution in [2.45, 2.75) is 11.8 Å². The molecule has 0 radical (unpaired) electrons. The molecule has 1 atom stereocenters. The van der Waals surface area contributed by atoms with Gasteiger partial charge in [0.1, 0.15) is 5.38 Å². The SMILES string of the molecule is NC(=O)C(Cl)Cc1ccc(F)c([N+](=O)[O-])c1. The number of benzene rings is 1. The van der Waals surface area contributed by atoms with E-state index in [-0.39, 0.29) is 6.42 Å². The molecule has 1 amide bonds. The summed E-state index contributed by atoms with van der Waals surface area (Å²) < 4.78 is 13.0. The van der Waals surface area contributed by atoms with Crippen molar-refractivity contribution in [3.8, 4) is 0 Å². The van der Waals surface area contributed by atoms with Crippen LogP contribution < -0.4 is 5.73 Å². The molecule has 1 aromatic carbocycles. The highest BCUT2D eigenvalue weighted by atomic mass is 35.5. The topological polar surface area (TPSA) is 86.2 Å². The highest BCUT2D eigenvalue weighted by Gasteiger charge is 2.17. The first-order valence-electron chi connectivity index (χ1n) is 4.28. The number of nitro benzene ring substituents is 1. The summed E-state index contributed by atoms with van der Waals surface area (Å²) in [5.74, 6) is -1.66. The highest BCUT2D eigenvalue weighted by Crippen LogP contribution is 2.20. The maximum atomic E-state index is 13.0. The zero-order valence-corrected chi connectivity index (χ0v) is 8.78. The number of rotatable bonds is 4. The van der Waals surface area contributed by atoms with Crippen molar-refractivity contribution in [1.29, 1.82) is 0 Å². The van der Waals surface area contributed by atoms with Crippen LogP contribution in [-0.4, -0.2) is 16.2 Å². The van der Waals surface area contributed by atoms with E-state index in [1.807, 2.05) is 0 Å². The quantitative estimate of drug-likeness (QED) is 0.494. The van der Waals surface area contributed by atoms with Crippen LogP contribution >= 0.6 is 11.6 Å². The summed E-state index contributed by atoms with van der Waals surface area (Å²) in [7, 11) is 0. The number of amides is 1. The van der Waals surface area contributed by atoms with Crippen LogP contribution in [0.5, 0.6) is 0 Å². The van der Waals surface area contributed by atoms with E-state index in [4.69, 9.17) is 17.3 Å². The van der Waals surface area contributed by atoms with Crippen molar-refractivity contribution in [2.75, 3.05) is 0 Å². The summed E-state index contributed by atoms with van der Waals surface area (Å²) in [5, 5.41) is 9.47. The monoisotopic (exact) mass is 246 g/mol. The van der Waals surface area contributed by atoms with Gasteiger partial charge < -0.3 is 5.73 Å². The molecule has 16 heavy (non-hydrogen) atoms. The van der Waals surface area contributed by atoms with Gasteiger partial charge in [0.15, 0.2) is 0 Å². The molecule has 0 saturated carbocycles. The van der Waals surface area contributed by atoms with Gasteiger partial charge in [0.25, 0.3) is 0 Å². The molecule has 0 fully saturated rings. The van der Waals surface area contributed by atoms with Gasteiger partial charge in [-0.3, -0.25) is 14.9 Å². The van der Waals surface area contributed by atoms with E-state index in [2.05, 4.69) is 0 Å². The molecule has 2 N–H and O–H groups in total. The van der Waals surface area contributed by atoms with Crippen molar-refractivity contribution in [3.05, 3.63) is 39.7 Å². The Morgan fingerprint density at radius 1 is 1.62 bits per heavy atom. The Hall–Kier alpha value is -1.69. The van der Waals surface area contributed by atoms with E-state index >= 15 is 0 Å². The van der Waals surface area contributed by atoms with Crippen molar-refractivity contribution in [3.63, 3.8) is 0 Å². The predicted molar refractivity (Wildman–Crippen MR) is 55.6 cm³/mol. The fourth-order valence-corrected chi connectivity index (χ4v) is 1.31. The van der Waals surface area contributed by atoms with E-state index in [1.54, 1.807) is 0 Å². The predicted octanol–water partition coefficient (Wildman–Crippen LogP) is 1.37. The van der Waals surface area contributed by atoms with E-state index in [9.17, 15) is 19.3 Å². The smallest absolute Gasteiger partial charge is 0.305 e. The lowest BCUT2D eigenvalue weighted by atomic mass is 10.1. The molecule has 0 aromatic heterocycles. The lowest BCUT2D eigenvalue weighted by Gasteiger charge is -2.05. The van der Waals surface area contributed by atoms with E-state index in [1.165, 1.54) is 6.07 Å². The van der Waals surface area contributed by atoms with Gasteiger partial charge >= 0.3 is 5.69 Å². The molecule has 1 aromatic rings. The maximum Gasteiger partial charge on any atom is 0.305 e. The molecule has 0 saturated heterocycles. The van der Waals surface area contributed by atoms with Crippen LogP contribution in [0.1, 0.15) is 5.56 Å². The third kappa shape index (κ3) is 2.90. The van der Waals surface area contributed by atoms with Crippen molar-refractivity contribution in [1.82, 2.24) is 0 Å². The molecule has 86 valence electrons. The summed E-state index contributed by atoms with van der Waals surface area (Å²) in [6.07, 6.45) is 0.0258. The summed E-state index contributed by atoms with van der Waals surface area (Å²) in [6, 6.07) is 3.31. The van der Waals surface area contributed by atoms with Crippen LogP contribution in [0, 0.1) is 15.9 Å². The van der Waals surface area contributed by atoms with Gasteiger partial charge in [-0.25, -0.2) is 0 Å². The summed E-state index contributed by atoms with van der Waals surface area (Å²) in [6.45, 7) is 0. The Labute approximate surface area is 95.1 Å². The minimum Gasteiger partial charge on any atom is -0.368 e. The average Bonchev–Trinajstić information content (AvgIpc) is 2.20. The summed E-state index contributed by atoms with van der Waals surface area (Å²) in [4.78, 5) is 20.3. The summed E-state index contributed by atoms with van der Waals surface area (Å²) >= 11 is 5.58. The second kappa shape index (κ2) is 4.89. The van der Waals surface area contributed by atoms with Crippen LogP contribution in [0.2, 0.25) is 0 Å². The van der Waals surface area contributed by atoms with Crippen LogP contribution in [0.15, 0.2) is 18.2 Å². The first-order chi connectivity index (χ1) is 7.41. The minimum absolute atomic E-state index is 0.0258. The number of carbonyl (C=O) groups is 1. The molecule has 7 heteroatoms. The molecule has 0 aliphatic rings. The normalized spacial score (nSPS) is 12.1. The molecule has 0 spiro atoms. The molecule has 0 bridgehead atoms. The van der Waals surface area contributed by atoms with Gasteiger partial charge in [0, 0.05) is 6.07 Å². The first-order valence-corrected chi connectivity index (χ1v) is 4.71. The van der Waals surface area contributed by atoms with E-state index in [0.29, 0.717) is 5.56 Å². The third-order valence-corrected chi connectivity index (χ3v) is 2.30. The fourth-order valence-electron chi connectivity index (χ4n) is 1.13. The Morgan fingerprint density at radius 3 is 2.75 bits per heavy atom. The van der Waals surface area contributed by atoms with Gasteiger partial charge in [-0.1, -0.05) is 6.07 Å². The number of nitro groups is 1. The Morgan fingerprint density at radius 2 is 2.25 bits per heavy atom. The zero-order valence-electron chi connectivity index (χ0n) is 8.02.